The molecule has 3 rings (SSSR count). The van der Waals surface area contributed by atoms with Crippen molar-refractivity contribution in [2.75, 3.05) is 18.5 Å². The minimum atomic E-state index is 0.121. The summed E-state index contributed by atoms with van der Waals surface area (Å²) in [6.45, 7) is 0.740. The van der Waals surface area contributed by atoms with Gasteiger partial charge in [-0.1, -0.05) is 12.1 Å². The number of nitrogens with zero attached hydrogens (tertiary/aromatic N) is 3. The number of aromatic nitrogens is 3. The predicted octanol–water partition coefficient (Wildman–Crippen LogP) is 2.66. The van der Waals surface area contributed by atoms with Crippen LogP contribution in [0.4, 0.5) is 5.82 Å². The molecule has 114 valence electrons. The van der Waals surface area contributed by atoms with Crippen molar-refractivity contribution in [3.8, 4) is 17.0 Å². The summed E-state index contributed by atoms with van der Waals surface area (Å²) in [7, 11) is 0. The molecule has 0 unspecified atom stereocenters. The van der Waals surface area contributed by atoms with E-state index in [0.717, 1.165) is 10.3 Å². The van der Waals surface area contributed by atoms with Crippen molar-refractivity contribution in [2.45, 2.75) is 6.42 Å². The molecule has 0 atom stereocenters. The number of aliphatic hydroxyl groups is 1. The molecule has 1 aromatic carbocycles. The Bertz CT molecular complexity index is 803. The van der Waals surface area contributed by atoms with E-state index in [-0.39, 0.29) is 12.4 Å². The molecule has 0 bridgehead atoms. The molecule has 0 aliphatic carbocycles. The van der Waals surface area contributed by atoms with Crippen LogP contribution in [0.3, 0.4) is 0 Å². The van der Waals surface area contributed by atoms with Crippen LogP contribution in [0.2, 0.25) is 0 Å². The van der Waals surface area contributed by atoms with Crippen molar-refractivity contribution in [1.29, 1.82) is 0 Å². The van der Waals surface area contributed by atoms with Crippen LogP contribution in [0.5, 0.6) is 5.75 Å². The zero-order valence-corrected chi connectivity index (χ0v) is 13.3. The van der Waals surface area contributed by atoms with E-state index >= 15 is 0 Å². The van der Waals surface area contributed by atoms with E-state index in [1.807, 2.05) is 18.2 Å². The highest BCUT2D eigenvalue weighted by molar-refractivity contribution is 9.10. The van der Waals surface area contributed by atoms with Crippen molar-refractivity contribution < 1.29 is 10.2 Å². The maximum absolute atomic E-state index is 10.0. The van der Waals surface area contributed by atoms with Crippen LogP contribution in [-0.2, 0) is 0 Å². The van der Waals surface area contributed by atoms with Crippen LogP contribution in [0.25, 0.3) is 16.9 Å². The Morgan fingerprint density at radius 1 is 1.27 bits per heavy atom. The number of phenolic OH excluding ortho intramolecular Hbond substituents is 1. The van der Waals surface area contributed by atoms with Crippen molar-refractivity contribution in [3.05, 3.63) is 41.0 Å². The Morgan fingerprint density at radius 2 is 2.09 bits per heavy atom. The molecule has 3 aromatic rings. The van der Waals surface area contributed by atoms with Crippen LogP contribution in [0.15, 0.2) is 41.0 Å². The van der Waals surface area contributed by atoms with E-state index in [4.69, 9.17) is 5.11 Å². The van der Waals surface area contributed by atoms with Gasteiger partial charge < -0.3 is 15.5 Å². The predicted molar refractivity (Wildman–Crippen MR) is 88.0 cm³/mol. The summed E-state index contributed by atoms with van der Waals surface area (Å²) in [5, 5.41) is 26.5. The molecule has 7 heteroatoms. The first-order valence-electron chi connectivity index (χ1n) is 6.88. The minimum absolute atomic E-state index is 0.121. The number of aromatic hydroxyl groups is 1. The second kappa shape index (κ2) is 6.33. The van der Waals surface area contributed by atoms with Gasteiger partial charge in [0.15, 0.2) is 5.65 Å². The van der Waals surface area contributed by atoms with Gasteiger partial charge in [0.2, 0.25) is 0 Å². The average molecular weight is 363 g/mol. The van der Waals surface area contributed by atoms with Crippen molar-refractivity contribution in [3.63, 3.8) is 0 Å². The topological polar surface area (TPSA) is 82.7 Å². The van der Waals surface area contributed by atoms with E-state index in [1.54, 1.807) is 22.8 Å². The van der Waals surface area contributed by atoms with Gasteiger partial charge in [-0.2, -0.15) is 9.61 Å². The van der Waals surface area contributed by atoms with E-state index in [2.05, 4.69) is 31.3 Å². The van der Waals surface area contributed by atoms with E-state index in [9.17, 15) is 5.11 Å². The number of benzene rings is 1. The monoisotopic (exact) mass is 362 g/mol. The van der Waals surface area contributed by atoms with Crippen molar-refractivity contribution in [1.82, 2.24) is 14.6 Å². The van der Waals surface area contributed by atoms with Crippen LogP contribution < -0.4 is 5.32 Å². The summed E-state index contributed by atoms with van der Waals surface area (Å²) in [4.78, 5) is 4.56. The SMILES string of the molecule is OCCCNc1cc(-c2ccccc2O)nc2c(Br)cnn12. The largest absolute Gasteiger partial charge is 0.507 e. The smallest absolute Gasteiger partial charge is 0.172 e. The number of hydrogen-bond acceptors (Lipinski definition) is 5. The highest BCUT2D eigenvalue weighted by Gasteiger charge is 2.13. The average Bonchev–Trinajstić information content (AvgIpc) is 2.90. The second-order valence-corrected chi connectivity index (χ2v) is 5.63. The lowest BCUT2D eigenvalue weighted by molar-refractivity contribution is 0.292. The van der Waals surface area contributed by atoms with Gasteiger partial charge in [-0.3, -0.25) is 0 Å². The van der Waals surface area contributed by atoms with Gasteiger partial charge in [0.1, 0.15) is 11.6 Å². The lowest BCUT2D eigenvalue weighted by Gasteiger charge is -2.11. The molecule has 0 aliphatic heterocycles. The zero-order valence-electron chi connectivity index (χ0n) is 11.7. The first-order valence-corrected chi connectivity index (χ1v) is 7.67. The Morgan fingerprint density at radius 3 is 2.86 bits per heavy atom. The number of nitrogens with one attached hydrogen (secondary N) is 1. The molecule has 2 aromatic heterocycles. The quantitative estimate of drug-likeness (QED) is 0.607. The summed E-state index contributed by atoms with van der Waals surface area (Å²) in [5.41, 5.74) is 1.97. The standard InChI is InChI=1S/C15H15BrN4O2/c16-11-9-18-20-14(17-6-3-7-21)8-12(19-15(11)20)10-4-1-2-5-13(10)22/h1-2,4-5,8-9,17,21-22H,3,6-7H2. The van der Waals surface area contributed by atoms with Gasteiger partial charge in [0.05, 0.1) is 16.4 Å². The summed E-state index contributed by atoms with van der Waals surface area (Å²) in [6.07, 6.45) is 2.31. The van der Waals surface area contributed by atoms with Crippen LogP contribution >= 0.6 is 15.9 Å². The summed E-state index contributed by atoms with van der Waals surface area (Å²) >= 11 is 3.43. The number of halogens is 1. The van der Waals surface area contributed by atoms with E-state index in [1.165, 1.54) is 0 Å². The molecule has 2 heterocycles. The maximum atomic E-state index is 10.0. The highest BCUT2D eigenvalue weighted by atomic mass is 79.9. The molecule has 0 spiro atoms. The van der Waals surface area contributed by atoms with E-state index < -0.39 is 0 Å². The molecule has 0 saturated heterocycles. The van der Waals surface area contributed by atoms with Crippen molar-refractivity contribution >= 4 is 27.4 Å². The Hall–Kier alpha value is -2.12. The lowest BCUT2D eigenvalue weighted by Crippen LogP contribution is -2.09. The number of rotatable bonds is 5. The number of fused-ring (bicyclic) bond motifs is 1. The Labute approximate surface area is 135 Å². The summed E-state index contributed by atoms with van der Waals surface area (Å²) in [5.74, 6) is 0.929. The Kier molecular flexibility index (Phi) is 4.26. The van der Waals surface area contributed by atoms with Crippen LogP contribution in [-0.4, -0.2) is 38.0 Å². The Balaban J connectivity index is 2.11. The number of hydrogen-bond donors (Lipinski definition) is 3. The molecule has 0 aliphatic rings. The molecule has 3 N–H and O–H groups in total. The molecule has 0 saturated carbocycles. The molecule has 22 heavy (non-hydrogen) atoms. The number of phenols is 1. The first kappa shape index (κ1) is 14.8. The van der Waals surface area contributed by atoms with Gasteiger partial charge in [-0.15, -0.1) is 0 Å². The zero-order chi connectivity index (χ0) is 15.5. The fourth-order valence-electron chi connectivity index (χ4n) is 2.19. The molecule has 0 fully saturated rings. The third-order valence-electron chi connectivity index (χ3n) is 3.25. The van der Waals surface area contributed by atoms with Crippen molar-refractivity contribution in [2.24, 2.45) is 0 Å². The molecule has 6 nitrogen and oxygen atoms in total. The first-order chi connectivity index (χ1) is 10.7. The molecular weight excluding hydrogens is 348 g/mol. The third-order valence-corrected chi connectivity index (χ3v) is 3.81. The van der Waals surface area contributed by atoms with Gasteiger partial charge in [-0.05, 0) is 34.5 Å². The van der Waals surface area contributed by atoms with Gasteiger partial charge in [0, 0.05) is 24.8 Å². The summed E-state index contributed by atoms with van der Waals surface area (Å²) in [6, 6.07) is 8.90. The number of para-hydroxylation sites is 1. The fraction of sp³-hybridized carbons (Fsp3) is 0.200. The van der Waals surface area contributed by atoms with Gasteiger partial charge >= 0.3 is 0 Å². The van der Waals surface area contributed by atoms with Gasteiger partial charge in [-0.25, -0.2) is 4.98 Å². The van der Waals surface area contributed by atoms with Crippen LogP contribution in [0, 0.1) is 0 Å². The molecular formula is C15H15BrN4O2. The minimum Gasteiger partial charge on any atom is -0.507 e. The highest BCUT2D eigenvalue weighted by Crippen LogP contribution is 2.30. The van der Waals surface area contributed by atoms with Crippen LogP contribution in [0.1, 0.15) is 6.42 Å². The fourth-order valence-corrected chi connectivity index (χ4v) is 2.53. The van der Waals surface area contributed by atoms with Gasteiger partial charge in [0.25, 0.3) is 0 Å². The third kappa shape index (κ3) is 2.77. The lowest BCUT2D eigenvalue weighted by atomic mass is 10.1. The molecule has 0 radical (unpaired) electrons. The maximum Gasteiger partial charge on any atom is 0.172 e. The second-order valence-electron chi connectivity index (χ2n) is 4.78. The summed E-state index contributed by atoms with van der Waals surface area (Å²) < 4.78 is 2.46. The number of aliphatic hydroxyl groups excluding tert-OH is 1. The normalized spacial score (nSPS) is 11.0. The van der Waals surface area contributed by atoms with E-state index in [0.29, 0.717) is 29.9 Å². The molecule has 0 amide bonds. The number of anilines is 1.